The molecule has 10 heteroatoms. The molecule has 1 fully saturated rings. The molecule has 0 aliphatic carbocycles. The van der Waals surface area contributed by atoms with Gasteiger partial charge in [-0.05, 0) is 0 Å². The fourth-order valence-corrected chi connectivity index (χ4v) is 3.46. The molecule has 0 radical (unpaired) electrons. The number of hydrogen-bond donors (Lipinski definition) is 2. The summed E-state index contributed by atoms with van der Waals surface area (Å²) < 4.78 is 41.5. The second kappa shape index (κ2) is 7.08. The van der Waals surface area contributed by atoms with Crippen molar-refractivity contribution >= 4 is 22.2 Å². The Morgan fingerprint density at radius 1 is 1.42 bits per heavy atom. The molecular formula is C14H18F3N5OS. The summed E-state index contributed by atoms with van der Waals surface area (Å²) in [6.45, 7) is 1.23. The first-order valence-electron chi connectivity index (χ1n) is 7.63. The summed E-state index contributed by atoms with van der Waals surface area (Å²) >= 11 is 1.43. The zero-order valence-corrected chi connectivity index (χ0v) is 13.7. The third-order valence-electron chi connectivity index (χ3n) is 3.95. The number of nitrogens with zero attached hydrogens (tertiary/aromatic N) is 3. The van der Waals surface area contributed by atoms with E-state index in [4.69, 9.17) is 0 Å². The molecule has 1 amide bonds. The van der Waals surface area contributed by atoms with Crippen LogP contribution in [0.2, 0.25) is 0 Å². The molecule has 2 aromatic rings. The fourth-order valence-electron chi connectivity index (χ4n) is 2.74. The third-order valence-corrected chi connectivity index (χ3v) is 4.72. The predicted octanol–water partition coefficient (Wildman–Crippen LogP) is 0.891. The van der Waals surface area contributed by atoms with E-state index in [0.29, 0.717) is 31.9 Å². The van der Waals surface area contributed by atoms with Crippen LogP contribution in [0, 0.1) is 0 Å². The molecule has 1 atom stereocenters. The summed E-state index contributed by atoms with van der Waals surface area (Å²) in [6, 6.07) is -1.66. The number of carbonyl (C=O) groups excluding carboxylic acids is 1. The van der Waals surface area contributed by atoms with Crippen molar-refractivity contribution in [2.24, 2.45) is 0 Å². The molecule has 0 saturated carbocycles. The molecule has 0 aromatic carbocycles. The zero-order valence-electron chi connectivity index (χ0n) is 12.8. The molecule has 0 bridgehead atoms. The topological polar surface area (TPSA) is 61.7 Å². The summed E-state index contributed by atoms with van der Waals surface area (Å²) in [5.74, 6) is -0.454. The molecule has 3 rings (SSSR count). The number of thiazole rings is 1. The molecule has 1 aliphatic heterocycles. The van der Waals surface area contributed by atoms with Crippen LogP contribution in [-0.4, -0.2) is 65.1 Å². The maximum atomic E-state index is 13.3. The number of halogens is 3. The summed E-state index contributed by atoms with van der Waals surface area (Å²) in [4.78, 5) is 18.3. The van der Waals surface area contributed by atoms with Crippen LogP contribution in [0.25, 0.3) is 4.96 Å². The number of carbonyl (C=O) groups is 1. The van der Waals surface area contributed by atoms with Crippen molar-refractivity contribution in [1.29, 1.82) is 0 Å². The zero-order chi connectivity index (χ0) is 17.2. The summed E-state index contributed by atoms with van der Waals surface area (Å²) in [5.41, 5.74) is 0.546. The first kappa shape index (κ1) is 17.2. The van der Waals surface area contributed by atoms with Gasteiger partial charge in [-0.3, -0.25) is 14.1 Å². The van der Waals surface area contributed by atoms with Crippen LogP contribution < -0.4 is 10.6 Å². The highest BCUT2D eigenvalue weighted by molar-refractivity contribution is 7.15. The maximum absolute atomic E-state index is 13.3. The van der Waals surface area contributed by atoms with Gasteiger partial charge in [0.15, 0.2) is 4.96 Å². The van der Waals surface area contributed by atoms with Gasteiger partial charge in [-0.1, -0.05) is 0 Å². The number of amides is 1. The third kappa shape index (κ3) is 4.05. The first-order valence-corrected chi connectivity index (χ1v) is 8.51. The summed E-state index contributed by atoms with van der Waals surface area (Å²) in [6.07, 6.45) is -0.871. The van der Waals surface area contributed by atoms with Crippen LogP contribution >= 0.6 is 11.3 Å². The van der Waals surface area contributed by atoms with Crippen LogP contribution in [0.5, 0.6) is 0 Å². The number of rotatable bonds is 5. The van der Waals surface area contributed by atoms with Crippen molar-refractivity contribution in [3.05, 3.63) is 23.5 Å². The van der Waals surface area contributed by atoms with Crippen LogP contribution in [0.3, 0.4) is 0 Å². The van der Waals surface area contributed by atoms with Crippen LogP contribution in [-0.2, 0) is 11.2 Å². The van der Waals surface area contributed by atoms with E-state index >= 15 is 0 Å². The standard InChI is InChI=1S/C14H18F3N5OS/c15-14(16,17)11(21-3-1-18-2-4-21)8-19-12(23)7-10-9-22-5-6-24-13(22)20-10/h5-6,9,11,18H,1-4,7-8H2,(H,19,23). The minimum absolute atomic E-state index is 0.0272. The number of hydrogen-bond acceptors (Lipinski definition) is 5. The number of aromatic nitrogens is 2. The second-order valence-corrected chi connectivity index (χ2v) is 6.52. The van der Waals surface area contributed by atoms with E-state index in [1.54, 1.807) is 10.6 Å². The van der Waals surface area contributed by atoms with E-state index in [0.717, 1.165) is 4.96 Å². The van der Waals surface area contributed by atoms with Gasteiger partial charge in [-0.2, -0.15) is 13.2 Å². The van der Waals surface area contributed by atoms with E-state index < -0.39 is 24.7 Å². The van der Waals surface area contributed by atoms with Crippen LogP contribution in [0.4, 0.5) is 13.2 Å². The minimum Gasteiger partial charge on any atom is -0.354 e. The Morgan fingerprint density at radius 3 is 2.83 bits per heavy atom. The molecule has 1 unspecified atom stereocenters. The maximum Gasteiger partial charge on any atom is 0.405 e. The molecule has 1 aliphatic rings. The highest BCUT2D eigenvalue weighted by atomic mass is 32.1. The average molecular weight is 361 g/mol. The van der Waals surface area contributed by atoms with E-state index in [-0.39, 0.29) is 6.42 Å². The van der Waals surface area contributed by atoms with E-state index in [9.17, 15) is 18.0 Å². The lowest BCUT2D eigenvalue weighted by Crippen LogP contribution is -2.57. The monoisotopic (exact) mass is 361 g/mol. The lowest BCUT2D eigenvalue weighted by Gasteiger charge is -2.35. The molecule has 2 N–H and O–H groups in total. The van der Waals surface area contributed by atoms with Crippen molar-refractivity contribution in [3.8, 4) is 0 Å². The van der Waals surface area contributed by atoms with Crippen LogP contribution in [0.1, 0.15) is 5.69 Å². The molecule has 2 aromatic heterocycles. The predicted molar refractivity (Wildman–Crippen MR) is 84.1 cm³/mol. The number of alkyl halides is 3. The van der Waals surface area contributed by atoms with Crippen molar-refractivity contribution < 1.29 is 18.0 Å². The number of fused-ring (bicyclic) bond motifs is 1. The smallest absolute Gasteiger partial charge is 0.354 e. The number of imidazole rings is 1. The Morgan fingerprint density at radius 2 is 2.17 bits per heavy atom. The Labute approximate surface area is 140 Å². The summed E-state index contributed by atoms with van der Waals surface area (Å²) in [5, 5.41) is 7.30. The van der Waals surface area contributed by atoms with Gasteiger partial charge in [-0.15, -0.1) is 11.3 Å². The van der Waals surface area contributed by atoms with Crippen LogP contribution in [0.15, 0.2) is 17.8 Å². The van der Waals surface area contributed by atoms with Gasteiger partial charge in [0.2, 0.25) is 5.91 Å². The Bertz CT molecular complexity index is 663. The number of piperazine rings is 1. The van der Waals surface area contributed by atoms with Gasteiger partial charge >= 0.3 is 6.18 Å². The lowest BCUT2D eigenvalue weighted by molar-refractivity contribution is -0.184. The van der Waals surface area contributed by atoms with Gasteiger partial charge in [0, 0.05) is 50.5 Å². The van der Waals surface area contributed by atoms with Gasteiger partial charge in [0.1, 0.15) is 6.04 Å². The molecule has 24 heavy (non-hydrogen) atoms. The van der Waals surface area contributed by atoms with Gasteiger partial charge in [-0.25, -0.2) is 4.98 Å². The first-order chi connectivity index (χ1) is 11.4. The Kier molecular flexibility index (Phi) is 5.07. The molecule has 3 heterocycles. The minimum atomic E-state index is -4.37. The highest BCUT2D eigenvalue weighted by Gasteiger charge is 2.43. The van der Waals surface area contributed by atoms with E-state index in [1.807, 2.05) is 11.6 Å². The molecule has 6 nitrogen and oxygen atoms in total. The van der Waals surface area contributed by atoms with E-state index in [2.05, 4.69) is 15.6 Å². The normalized spacial score (nSPS) is 18.0. The molecule has 132 valence electrons. The molecular weight excluding hydrogens is 343 g/mol. The largest absolute Gasteiger partial charge is 0.405 e. The second-order valence-electron chi connectivity index (χ2n) is 5.65. The van der Waals surface area contributed by atoms with Crippen molar-refractivity contribution in [2.45, 2.75) is 18.6 Å². The average Bonchev–Trinajstić information content (AvgIpc) is 3.08. The number of nitrogens with one attached hydrogen (secondary N) is 2. The highest BCUT2D eigenvalue weighted by Crippen LogP contribution is 2.24. The van der Waals surface area contributed by atoms with Gasteiger partial charge in [0.05, 0.1) is 12.1 Å². The Hall–Kier alpha value is -1.65. The van der Waals surface area contributed by atoms with Crippen molar-refractivity contribution in [3.63, 3.8) is 0 Å². The van der Waals surface area contributed by atoms with E-state index in [1.165, 1.54) is 16.2 Å². The fraction of sp³-hybridized carbons (Fsp3) is 0.571. The molecule has 1 saturated heterocycles. The quantitative estimate of drug-likeness (QED) is 0.831. The SMILES string of the molecule is O=C(Cc1cn2ccsc2n1)NCC(N1CCNCC1)C(F)(F)F. The van der Waals surface area contributed by atoms with Crippen molar-refractivity contribution in [1.82, 2.24) is 24.9 Å². The summed E-state index contributed by atoms with van der Waals surface area (Å²) in [7, 11) is 0. The van der Waals surface area contributed by atoms with Crippen molar-refractivity contribution in [2.75, 3.05) is 32.7 Å². The van der Waals surface area contributed by atoms with Gasteiger partial charge in [0.25, 0.3) is 0 Å². The molecule has 0 spiro atoms. The lowest BCUT2D eigenvalue weighted by atomic mass is 10.2. The Balaban J connectivity index is 1.56. The van der Waals surface area contributed by atoms with Gasteiger partial charge < -0.3 is 10.6 Å².